The average Bonchev–Trinajstić information content (AvgIpc) is 2.06. The van der Waals surface area contributed by atoms with Gasteiger partial charge in [-0.15, -0.1) is 0 Å². The molecule has 0 spiro atoms. The number of nitriles is 1. The lowest BCUT2D eigenvalue weighted by atomic mass is 9.97. The van der Waals surface area contributed by atoms with Gasteiger partial charge < -0.3 is 9.13 Å². The van der Waals surface area contributed by atoms with Crippen LogP contribution in [0.25, 0.3) is 133 Å². The van der Waals surface area contributed by atoms with Crippen LogP contribution in [0.3, 0.4) is 0 Å². The van der Waals surface area contributed by atoms with Gasteiger partial charge in [0.25, 0.3) is 0 Å². The zero-order chi connectivity index (χ0) is 57.5. The molecule has 3 aromatic heterocycles. The molecular weight excluding hydrogens is 1020 g/mol. The molecule has 5 nitrogen and oxygen atoms in total. The Balaban J connectivity index is 1.11. The van der Waals surface area contributed by atoms with Gasteiger partial charge in [-0.3, -0.25) is 0 Å². The topological polar surface area (TPSA) is 59.4 Å². The van der Waals surface area contributed by atoms with Crippen molar-refractivity contribution in [3.63, 3.8) is 0 Å². The number of hydrogen-bond donors (Lipinski definition) is 0. The van der Waals surface area contributed by atoms with Crippen molar-refractivity contribution in [2.45, 2.75) is 55.4 Å². The molecule has 0 saturated carbocycles. The molecule has 14 rings (SSSR count). The van der Waals surface area contributed by atoms with Crippen LogP contribution in [0.4, 0.5) is 0 Å². The van der Waals surface area contributed by atoms with E-state index in [4.69, 9.17) is 9.97 Å². The Labute approximate surface area is 491 Å². The van der Waals surface area contributed by atoms with E-state index in [1.165, 1.54) is 66.8 Å². The molecule has 84 heavy (non-hydrogen) atoms. The molecule has 0 radical (unpaired) electrons. The molecule has 0 N–H and O–H groups in total. The summed E-state index contributed by atoms with van der Waals surface area (Å²) in [4.78, 5) is 10.9. The maximum atomic E-state index is 12.2. The van der Waals surface area contributed by atoms with E-state index in [-0.39, 0.29) is 0 Å². The van der Waals surface area contributed by atoms with E-state index in [0.717, 1.165) is 105 Å². The van der Waals surface area contributed by atoms with Crippen molar-refractivity contribution in [3.05, 3.63) is 275 Å². The summed E-state index contributed by atoms with van der Waals surface area (Å²) in [5.41, 5.74) is 29.2. The van der Waals surface area contributed by atoms with Gasteiger partial charge in [0.1, 0.15) is 11.6 Å². The van der Waals surface area contributed by atoms with Crippen molar-refractivity contribution < 1.29 is 0 Å². The summed E-state index contributed by atoms with van der Waals surface area (Å²) in [6.07, 6.45) is 0. The highest BCUT2D eigenvalue weighted by Crippen LogP contribution is 2.44. The van der Waals surface area contributed by atoms with E-state index in [0.29, 0.717) is 11.4 Å². The Morgan fingerprint density at radius 1 is 0.274 bits per heavy atom. The molecule has 14 aromatic rings. The van der Waals surface area contributed by atoms with Crippen LogP contribution >= 0.6 is 0 Å². The quantitative estimate of drug-likeness (QED) is 0.145. The zero-order valence-corrected chi connectivity index (χ0v) is 48.6. The first-order chi connectivity index (χ1) is 40.8. The van der Waals surface area contributed by atoms with Gasteiger partial charge in [0.15, 0.2) is 5.82 Å². The fourth-order valence-corrected chi connectivity index (χ4v) is 13.1. The Kier molecular flexibility index (Phi) is 12.6. The van der Waals surface area contributed by atoms with Crippen LogP contribution in [0.1, 0.15) is 50.1 Å². The molecule has 5 heteroatoms. The molecule has 0 aliphatic heterocycles. The molecule has 0 fully saturated rings. The summed E-state index contributed by atoms with van der Waals surface area (Å²) in [6, 6.07) is 84.3. The van der Waals surface area contributed by atoms with Gasteiger partial charge in [-0.05, 0) is 167 Å². The summed E-state index contributed by atoms with van der Waals surface area (Å²) < 4.78 is 4.63. The van der Waals surface area contributed by atoms with Crippen molar-refractivity contribution in [1.29, 1.82) is 5.26 Å². The summed E-state index contributed by atoms with van der Waals surface area (Å²) in [5, 5.41) is 16.6. The molecule has 0 saturated heterocycles. The molecule has 402 valence electrons. The van der Waals surface area contributed by atoms with Crippen molar-refractivity contribution in [3.8, 4) is 95.9 Å². The molecular formula is C79H61N5. The van der Waals surface area contributed by atoms with Gasteiger partial charge in [0.05, 0.1) is 44.8 Å². The number of aryl methyl sites for hydroxylation is 8. The lowest BCUT2D eigenvalue weighted by Gasteiger charge is -2.19. The Morgan fingerprint density at radius 3 is 0.833 bits per heavy atom. The minimum Gasteiger partial charge on any atom is -0.308 e. The summed E-state index contributed by atoms with van der Waals surface area (Å²) in [5.74, 6) is 0.548. The second kappa shape index (κ2) is 20.5. The van der Waals surface area contributed by atoms with Crippen LogP contribution in [0.15, 0.2) is 224 Å². The molecule has 11 aromatic carbocycles. The summed E-state index contributed by atoms with van der Waals surface area (Å²) in [6.45, 7) is 17.3. The van der Waals surface area contributed by atoms with Crippen LogP contribution in [-0.4, -0.2) is 19.1 Å². The highest BCUT2D eigenvalue weighted by Gasteiger charge is 2.25. The highest BCUT2D eigenvalue weighted by molar-refractivity contribution is 6.14. The first-order valence-electron chi connectivity index (χ1n) is 28.9. The van der Waals surface area contributed by atoms with E-state index in [9.17, 15) is 5.26 Å². The molecule has 0 aliphatic rings. The van der Waals surface area contributed by atoms with Crippen molar-refractivity contribution >= 4 is 43.6 Å². The number of fused-ring (bicyclic) bond motifs is 6. The summed E-state index contributed by atoms with van der Waals surface area (Å²) in [7, 11) is 0. The predicted octanol–water partition coefficient (Wildman–Crippen LogP) is 20.7. The molecule has 0 unspecified atom stereocenters. The monoisotopic (exact) mass is 1080 g/mol. The normalized spacial score (nSPS) is 11.6. The highest BCUT2D eigenvalue weighted by atomic mass is 15.0. The second-order valence-electron chi connectivity index (χ2n) is 23.3. The van der Waals surface area contributed by atoms with Crippen LogP contribution < -0.4 is 0 Å². The van der Waals surface area contributed by atoms with Crippen molar-refractivity contribution in [1.82, 2.24) is 19.1 Å². The molecule has 0 atom stereocenters. The van der Waals surface area contributed by atoms with Crippen LogP contribution in [-0.2, 0) is 0 Å². The third-order valence-electron chi connectivity index (χ3n) is 16.6. The third kappa shape index (κ3) is 9.32. The van der Waals surface area contributed by atoms with Gasteiger partial charge in [-0.2, -0.15) is 5.26 Å². The first-order valence-corrected chi connectivity index (χ1v) is 28.9. The number of rotatable bonds is 9. The molecule has 0 bridgehead atoms. The lowest BCUT2D eigenvalue weighted by molar-refractivity contribution is 1.11. The number of aromatic nitrogens is 4. The SMILES string of the molecule is Cc1cc(C)cc(-c2ccc3c(c2)c2cc(-c4cc(C)cc(C)c4)ccc2n3-c2cc(-c3nc(-c4ccccc4)cc(-c4ccccc4)n3)cc(-n3c4ccc(-c5cc(C)cc(C)c5)cc4c4cc(-c5cc(C)cc(C)c5)ccc43)c2C#N)c1. The summed E-state index contributed by atoms with van der Waals surface area (Å²) >= 11 is 0. The lowest BCUT2D eigenvalue weighted by Crippen LogP contribution is -2.06. The average molecular weight is 1080 g/mol. The maximum Gasteiger partial charge on any atom is 0.160 e. The Bertz CT molecular complexity index is 4450. The van der Waals surface area contributed by atoms with Gasteiger partial charge >= 0.3 is 0 Å². The molecule has 3 heterocycles. The second-order valence-corrected chi connectivity index (χ2v) is 23.3. The van der Waals surface area contributed by atoms with E-state index >= 15 is 0 Å². The largest absolute Gasteiger partial charge is 0.308 e. The smallest absolute Gasteiger partial charge is 0.160 e. The minimum absolute atomic E-state index is 0.521. The fraction of sp³-hybridized carbons (Fsp3) is 0.101. The number of nitrogens with zero attached hydrogens (tertiary/aromatic N) is 5. The first kappa shape index (κ1) is 51.7. The van der Waals surface area contributed by atoms with Crippen molar-refractivity contribution in [2.24, 2.45) is 0 Å². The van der Waals surface area contributed by atoms with E-state index in [2.05, 4.69) is 283 Å². The van der Waals surface area contributed by atoms with Crippen LogP contribution in [0.2, 0.25) is 0 Å². The standard InChI is InChI=1S/C79H61N5/c1-47-27-48(2)32-61(31-47)57-19-23-73-66(39-57)67-40-58(62-33-49(3)28-50(4)34-62)20-24-74(67)83(73)77-43-65(79-81-71(55-15-11-9-12-16-55)45-72(82-79)56-17-13-10-14-18-56)44-78(70(77)46-80)84-75-25-21-59(63-35-51(5)29-52(6)36-63)41-68(75)69-42-60(22-26-76(69)84)64-37-53(7)30-54(8)38-64/h9-45H,1-8H3. The molecule has 0 amide bonds. The number of benzene rings is 11. The van der Waals surface area contributed by atoms with Gasteiger partial charge in [-0.1, -0.05) is 202 Å². The minimum atomic E-state index is 0.521. The number of hydrogen-bond acceptors (Lipinski definition) is 3. The predicted molar refractivity (Wildman–Crippen MR) is 351 cm³/mol. The van der Waals surface area contributed by atoms with E-state index < -0.39 is 0 Å². The Morgan fingerprint density at radius 2 is 0.560 bits per heavy atom. The Hall–Kier alpha value is -10.4. The fourth-order valence-electron chi connectivity index (χ4n) is 13.1. The van der Waals surface area contributed by atoms with E-state index in [1.54, 1.807) is 0 Å². The van der Waals surface area contributed by atoms with E-state index in [1.807, 2.05) is 12.1 Å². The van der Waals surface area contributed by atoms with Crippen molar-refractivity contribution in [2.75, 3.05) is 0 Å². The maximum absolute atomic E-state index is 12.2. The molecule has 0 aliphatic carbocycles. The van der Waals surface area contributed by atoms with Gasteiger partial charge in [0.2, 0.25) is 0 Å². The van der Waals surface area contributed by atoms with Gasteiger partial charge in [-0.25, -0.2) is 9.97 Å². The van der Waals surface area contributed by atoms with Gasteiger partial charge in [0, 0.05) is 38.2 Å². The van der Waals surface area contributed by atoms with Crippen LogP contribution in [0, 0.1) is 66.7 Å². The zero-order valence-electron chi connectivity index (χ0n) is 48.6. The third-order valence-corrected chi connectivity index (χ3v) is 16.6. The van der Waals surface area contributed by atoms with Crippen LogP contribution in [0.5, 0.6) is 0 Å².